The second kappa shape index (κ2) is 6.16. The van der Waals surface area contributed by atoms with Crippen LogP contribution < -0.4 is 0 Å². The maximum Gasteiger partial charge on any atom is 0.335 e. The van der Waals surface area contributed by atoms with Crippen LogP contribution in [0, 0.1) is 0 Å². The van der Waals surface area contributed by atoms with Gasteiger partial charge in [-0.2, -0.15) is 0 Å². The smallest absolute Gasteiger partial charge is 0.335 e. The maximum absolute atomic E-state index is 11.1. The first-order chi connectivity index (χ1) is 10.2. The monoisotopic (exact) mass is 288 g/mol. The number of hydrogen-bond donors (Lipinski definition) is 1. The Bertz CT molecular complexity index is 517. The molecule has 0 aromatic heterocycles. The van der Waals surface area contributed by atoms with Gasteiger partial charge in [-0.25, -0.2) is 4.79 Å². The molecule has 0 amide bonds. The van der Waals surface area contributed by atoms with Gasteiger partial charge in [-0.15, -0.1) is 0 Å². The highest BCUT2D eigenvalue weighted by Crippen LogP contribution is 2.27. The highest BCUT2D eigenvalue weighted by molar-refractivity contribution is 5.87. The van der Waals surface area contributed by atoms with Crippen molar-refractivity contribution in [1.82, 2.24) is 9.80 Å². The molecule has 1 N–H and O–H groups in total. The largest absolute Gasteiger partial charge is 0.478 e. The third-order valence-electron chi connectivity index (χ3n) is 4.94. The summed E-state index contributed by atoms with van der Waals surface area (Å²) in [7, 11) is 0. The number of benzene rings is 1. The van der Waals surface area contributed by atoms with Gasteiger partial charge in [0.15, 0.2) is 0 Å². The molecule has 0 radical (unpaired) electrons. The average molecular weight is 288 g/mol. The number of hydrogen-bond acceptors (Lipinski definition) is 3. The molecular weight excluding hydrogens is 264 g/mol. The Hall–Kier alpha value is -1.39. The molecule has 0 aliphatic carbocycles. The highest BCUT2D eigenvalue weighted by Gasteiger charge is 2.35. The fourth-order valence-corrected chi connectivity index (χ4v) is 3.77. The molecule has 2 aliphatic heterocycles. The van der Waals surface area contributed by atoms with Gasteiger partial charge in [-0.1, -0.05) is 19.1 Å². The van der Waals surface area contributed by atoms with Gasteiger partial charge in [-0.05, 0) is 43.5 Å². The van der Waals surface area contributed by atoms with E-state index in [0.717, 1.165) is 25.1 Å². The van der Waals surface area contributed by atoms with E-state index in [0.29, 0.717) is 17.6 Å². The van der Waals surface area contributed by atoms with Gasteiger partial charge in [0.2, 0.25) is 0 Å². The number of carbonyl (C=O) groups is 1. The first-order valence-corrected chi connectivity index (χ1v) is 7.97. The molecular formula is C17H24N2O2. The van der Waals surface area contributed by atoms with Crippen molar-refractivity contribution in [3.63, 3.8) is 0 Å². The minimum Gasteiger partial charge on any atom is -0.478 e. The molecule has 114 valence electrons. The van der Waals surface area contributed by atoms with Crippen molar-refractivity contribution in [2.45, 2.75) is 44.8 Å². The second-order valence-electron chi connectivity index (χ2n) is 6.29. The number of aromatic carboxylic acids is 1. The zero-order valence-corrected chi connectivity index (χ0v) is 12.7. The Kier molecular flexibility index (Phi) is 4.27. The van der Waals surface area contributed by atoms with Crippen LogP contribution in [0.2, 0.25) is 0 Å². The van der Waals surface area contributed by atoms with Crippen molar-refractivity contribution in [2.75, 3.05) is 19.6 Å². The van der Waals surface area contributed by atoms with Crippen molar-refractivity contribution < 1.29 is 9.90 Å². The lowest BCUT2D eigenvalue weighted by molar-refractivity contribution is 0.0436. The van der Waals surface area contributed by atoms with Crippen LogP contribution in [0.1, 0.15) is 42.1 Å². The predicted molar refractivity (Wildman–Crippen MR) is 82.5 cm³/mol. The van der Waals surface area contributed by atoms with Crippen LogP contribution in [-0.2, 0) is 6.54 Å². The molecule has 0 bridgehead atoms. The van der Waals surface area contributed by atoms with Crippen LogP contribution >= 0.6 is 0 Å². The summed E-state index contributed by atoms with van der Waals surface area (Å²) in [5, 5.41) is 9.12. The highest BCUT2D eigenvalue weighted by atomic mass is 16.4. The van der Waals surface area contributed by atoms with Crippen molar-refractivity contribution in [3.05, 3.63) is 35.4 Å². The molecule has 2 saturated heterocycles. The summed E-state index contributed by atoms with van der Waals surface area (Å²) in [5.74, 6) is -0.843. The molecule has 0 spiro atoms. The maximum atomic E-state index is 11.1. The number of piperazine rings is 1. The van der Waals surface area contributed by atoms with Gasteiger partial charge in [0.05, 0.1) is 5.56 Å². The average Bonchev–Trinajstić information content (AvgIpc) is 2.93. The van der Waals surface area contributed by atoms with E-state index in [-0.39, 0.29) is 0 Å². The molecule has 21 heavy (non-hydrogen) atoms. The SMILES string of the molecule is CCC1CN2CCCC2CN1Cc1cccc(C(=O)O)c1. The lowest BCUT2D eigenvalue weighted by Crippen LogP contribution is -2.55. The van der Waals surface area contributed by atoms with Crippen molar-refractivity contribution in [3.8, 4) is 0 Å². The second-order valence-corrected chi connectivity index (χ2v) is 6.29. The topological polar surface area (TPSA) is 43.8 Å². The van der Waals surface area contributed by atoms with E-state index in [1.165, 1.54) is 25.9 Å². The summed E-state index contributed by atoms with van der Waals surface area (Å²) in [4.78, 5) is 16.3. The molecule has 4 nitrogen and oxygen atoms in total. The van der Waals surface area contributed by atoms with Gasteiger partial charge >= 0.3 is 5.97 Å². The Labute approximate surface area is 126 Å². The van der Waals surface area contributed by atoms with E-state index in [1.54, 1.807) is 6.07 Å². The molecule has 4 heteroatoms. The summed E-state index contributed by atoms with van der Waals surface area (Å²) < 4.78 is 0. The molecule has 1 aromatic carbocycles. The Balaban J connectivity index is 1.73. The first-order valence-electron chi connectivity index (χ1n) is 7.97. The zero-order chi connectivity index (χ0) is 14.8. The van der Waals surface area contributed by atoms with E-state index >= 15 is 0 Å². The minimum absolute atomic E-state index is 0.389. The van der Waals surface area contributed by atoms with Gasteiger partial charge in [-0.3, -0.25) is 9.80 Å². The molecule has 2 atom stereocenters. The van der Waals surface area contributed by atoms with E-state index in [4.69, 9.17) is 5.11 Å². The van der Waals surface area contributed by atoms with Crippen molar-refractivity contribution >= 4 is 5.97 Å². The normalized spacial score (nSPS) is 26.7. The number of carboxylic acid groups (broad SMARTS) is 1. The number of nitrogens with zero attached hydrogens (tertiary/aromatic N) is 2. The molecule has 1 aromatic rings. The Morgan fingerprint density at radius 1 is 1.38 bits per heavy atom. The molecule has 3 rings (SSSR count). The summed E-state index contributed by atoms with van der Waals surface area (Å²) in [6, 6.07) is 8.67. The number of fused-ring (bicyclic) bond motifs is 1. The fourth-order valence-electron chi connectivity index (χ4n) is 3.77. The van der Waals surface area contributed by atoms with E-state index in [1.807, 2.05) is 18.2 Å². The van der Waals surface area contributed by atoms with Gasteiger partial charge in [0.1, 0.15) is 0 Å². The van der Waals surface area contributed by atoms with Crippen LogP contribution in [-0.4, -0.2) is 52.6 Å². The number of carboxylic acids is 1. The Morgan fingerprint density at radius 2 is 2.24 bits per heavy atom. The molecule has 2 aliphatic rings. The van der Waals surface area contributed by atoms with Crippen LogP contribution in [0.4, 0.5) is 0 Å². The third kappa shape index (κ3) is 3.11. The summed E-state index contributed by atoms with van der Waals surface area (Å²) in [6.07, 6.45) is 3.79. The van der Waals surface area contributed by atoms with Crippen LogP contribution in [0.15, 0.2) is 24.3 Å². The quantitative estimate of drug-likeness (QED) is 0.924. The van der Waals surface area contributed by atoms with Crippen molar-refractivity contribution in [2.24, 2.45) is 0 Å². The number of rotatable bonds is 4. The fraction of sp³-hybridized carbons (Fsp3) is 0.588. The molecule has 2 unspecified atom stereocenters. The van der Waals surface area contributed by atoms with E-state index in [2.05, 4.69) is 16.7 Å². The van der Waals surface area contributed by atoms with Crippen LogP contribution in [0.3, 0.4) is 0 Å². The zero-order valence-electron chi connectivity index (χ0n) is 12.7. The molecule has 0 saturated carbocycles. The summed E-state index contributed by atoms with van der Waals surface area (Å²) >= 11 is 0. The van der Waals surface area contributed by atoms with Crippen molar-refractivity contribution in [1.29, 1.82) is 0 Å². The van der Waals surface area contributed by atoms with Gasteiger partial charge in [0, 0.05) is 31.7 Å². The molecule has 2 heterocycles. The van der Waals surface area contributed by atoms with Crippen LogP contribution in [0.25, 0.3) is 0 Å². The molecule has 2 fully saturated rings. The van der Waals surface area contributed by atoms with E-state index < -0.39 is 5.97 Å². The first kappa shape index (κ1) is 14.5. The lowest BCUT2D eigenvalue weighted by Gasteiger charge is -2.43. The summed E-state index contributed by atoms with van der Waals surface area (Å²) in [6.45, 7) is 6.66. The third-order valence-corrected chi connectivity index (χ3v) is 4.94. The van der Waals surface area contributed by atoms with Gasteiger partial charge in [0.25, 0.3) is 0 Å². The minimum atomic E-state index is -0.843. The van der Waals surface area contributed by atoms with E-state index in [9.17, 15) is 4.79 Å². The lowest BCUT2D eigenvalue weighted by atomic mass is 10.0. The van der Waals surface area contributed by atoms with Gasteiger partial charge < -0.3 is 5.11 Å². The predicted octanol–water partition coefficient (Wildman–Crippen LogP) is 2.44. The standard InChI is InChI=1S/C17H24N2O2/c1-2-15-11-18-8-4-7-16(18)12-19(15)10-13-5-3-6-14(9-13)17(20)21/h3,5-6,9,15-16H,2,4,7-8,10-12H2,1H3,(H,20,21). The van der Waals surface area contributed by atoms with Crippen LogP contribution in [0.5, 0.6) is 0 Å². The summed E-state index contributed by atoms with van der Waals surface area (Å²) in [5.41, 5.74) is 1.50. The Morgan fingerprint density at radius 3 is 3.00 bits per heavy atom.